The van der Waals surface area contributed by atoms with Crippen LogP contribution >= 0.6 is 0 Å². The van der Waals surface area contributed by atoms with Crippen molar-refractivity contribution in [1.29, 1.82) is 0 Å². The summed E-state index contributed by atoms with van der Waals surface area (Å²) < 4.78 is 0. The number of aliphatic hydroxyl groups is 1. The van der Waals surface area contributed by atoms with E-state index in [-0.39, 0.29) is 6.61 Å². The average molecular weight is 167 g/mol. The van der Waals surface area contributed by atoms with Crippen molar-refractivity contribution in [3.63, 3.8) is 0 Å². The van der Waals surface area contributed by atoms with Gasteiger partial charge in [0.25, 0.3) is 0 Å². The van der Waals surface area contributed by atoms with Gasteiger partial charge in [-0.25, -0.2) is 9.97 Å². The topological polar surface area (TPSA) is 58.0 Å². The first-order valence-corrected chi connectivity index (χ1v) is 3.89. The van der Waals surface area contributed by atoms with E-state index < -0.39 is 0 Å². The van der Waals surface area contributed by atoms with Crippen molar-refractivity contribution in [1.82, 2.24) is 9.97 Å². The number of hydrogen-bond donors (Lipinski definition) is 2. The monoisotopic (exact) mass is 167 g/mol. The molecule has 0 bridgehead atoms. The molecule has 0 saturated carbocycles. The molecule has 1 aromatic heterocycles. The lowest BCUT2D eigenvalue weighted by molar-refractivity contribution is 0.311. The third kappa shape index (κ3) is 2.47. The van der Waals surface area contributed by atoms with Crippen LogP contribution in [0.15, 0.2) is 6.07 Å². The van der Waals surface area contributed by atoms with Crippen LogP contribution in [0.4, 0.5) is 5.82 Å². The van der Waals surface area contributed by atoms with Crippen LogP contribution in [0.5, 0.6) is 0 Å². The average Bonchev–Trinajstić information content (AvgIpc) is 1.99. The normalized spacial score (nSPS) is 9.92. The van der Waals surface area contributed by atoms with Crippen molar-refractivity contribution in [2.24, 2.45) is 0 Å². The zero-order valence-electron chi connectivity index (χ0n) is 7.33. The highest BCUT2D eigenvalue weighted by Crippen LogP contribution is 2.04. The van der Waals surface area contributed by atoms with E-state index in [4.69, 9.17) is 5.11 Å². The van der Waals surface area contributed by atoms with E-state index in [1.807, 2.05) is 19.9 Å². The van der Waals surface area contributed by atoms with Crippen LogP contribution in [0.1, 0.15) is 11.5 Å². The second kappa shape index (κ2) is 4.01. The van der Waals surface area contributed by atoms with Crippen LogP contribution in [0.3, 0.4) is 0 Å². The first-order chi connectivity index (χ1) is 5.72. The number of aryl methyl sites for hydroxylation is 2. The quantitative estimate of drug-likeness (QED) is 0.688. The number of anilines is 1. The lowest BCUT2D eigenvalue weighted by Gasteiger charge is -2.04. The summed E-state index contributed by atoms with van der Waals surface area (Å²) in [6.45, 7) is 4.40. The maximum absolute atomic E-state index is 8.56. The first kappa shape index (κ1) is 8.93. The molecular weight excluding hydrogens is 154 g/mol. The SMILES string of the molecule is Cc1cc(NCCO)nc(C)n1. The van der Waals surface area contributed by atoms with Gasteiger partial charge in [0, 0.05) is 18.3 Å². The maximum atomic E-state index is 8.56. The fraction of sp³-hybridized carbons (Fsp3) is 0.500. The molecule has 66 valence electrons. The Morgan fingerprint density at radius 1 is 1.42 bits per heavy atom. The van der Waals surface area contributed by atoms with Gasteiger partial charge in [-0.3, -0.25) is 0 Å². The van der Waals surface area contributed by atoms with Crippen LogP contribution in [0.2, 0.25) is 0 Å². The molecule has 0 spiro atoms. The van der Waals surface area contributed by atoms with Crippen molar-refractivity contribution in [3.8, 4) is 0 Å². The largest absolute Gasteiger partial charge is 0.395 e. The molecule has 0 unspecified atom stereocenters. The molecule has 0 aromatic carbocycles. The molecule has 0 saturated heterocycles. The number of nitrogens with one attached hydrogen (secondary N) is 1. The second-order valence-corrected chi connectivity index (χ2v) is 2.59. The summed E-state index contributed by atoms with van der Waals surface area (Å²) >= 11 is 0. The minimum atomic E-state index is 0.113. The summed E-state index contributed by atoms with van der Waals surface area (Å²) in [5, 5.41) is 11.5. The zero-order chi connectivity index (χ0) is 8.97. The van der Waals surface area contributed by atoms with Gasteiger partial charge >= 0.3 is 0 Å². The summed E-state index contributed by atoms with van der Waals surface area (Å²) in [7, 11) is 0. The first-order valence-electron chi connectivity index (χ1n) is 3.89. The van der Waals surface area contributed by atoms with Gasteiger partial charge in [0.2, 0.25) is 0 Å². The third-order valence-corrected chi connectivity index (χ3v) is 1.38. The molecule has 0 atom stereocenters. The summed E-state index contributed by atoms with van der Waals surface area (Å²) in [5.41, 5.74) is 0.933. The Balaban J connectivity index is 2.72. The van der Waals surface area contributed by atoms with E-state index >= 15 is 0 Å². The Morgan fingerprint density at radius 2 is 2.17 bits per heavy atom. The predicted molar refractivity (Wildman–Crippen MR) is 47.1 cm³/mol. The highest BCUT2D eigenvalue weighted by molar-refractivity contribution is 5.35. The van der Waals surface area contributed by atoms with Crippen LogP contribution in [0, 0.1) is 13.8 Å². The molecule has 2 N–H and O–H groups in total. The Hall–Kier alpha value is -1.16. The maximum Gasteiger partial charge on any atom is 0.129 e. The van der Waals surface area contributed by atoms with Crippen LogP contribution in [-0.4, -0.2) is 28.2 Å². The number of hydrogen-bond acceptors (Lipinski definition) is 4. The minimum Gasteiger partial charge on any atom is -0.395 e. The molecule has 1 heterocycles. The molecule has 0 aliphatic rings. The molecule has 0 aliphatic carbocycles. The van der Waals surface area contributed by atoms with Gasteiger partial charge in [0.05, 0.1) is 6.61 Å². The van der Waals surface area contributed by atoms with Gasteiger partial charge in [-0.15, -0.1) is 0 Å². The molecule has 0 amide bonds. The Labute approximate surface area is 71.7 Å². The summed E-state index contributed by atoms with van der Waals surface area (Å²) in [6, 6.07) is 1.85. The molecular formula is C8H13N3O. The highest BCUT2D eigenvalue weighted by Gasteiger charge is 1.96. The molecule has 0 radical (unpaired) electrons. The van der Waals surface area contributed by atoms with E-state index in [1.54, 1.807) is 0 Å². The van der Waals surface area contributed by atoms with Crippen molar-refractivity contribution >= 4 is 5.82 Å². The Kier molecular flexibility index (Phi) is 2.99. The lowest BCUT2D eigenvalue weighted by atomic mass is 10.4. The smallest absolute Gasteiger partial charge is 0.129 e. The predicted octanol–water partition coefficient (Wildman–Crippen LogP) is 0.498. The Morgan fingerprint density at radius 3 is 2.75 bits per heavy atom. The standard InChI is InChI=1S/C8H13N3O/c1-6-5-8(9-3-4-12)11-7(2)10-6/h5,12H,3-4H2,1-2H3,(H,9,10,11). The number of aromatic nitrogens is 2. The zero-order valence-corrected chi connectivity index (χ0v) is 7.33. The van der Waals surface area contributed by atoms with E-state index in [1.165, 1.54) is 0 Å². The fourth-order valence-corrected chi connectivity index (χ4v) is 0.991. The lowest BCUT2D eigenvalue weighted by Crippen LogP contribution is -2.08. The van der Waals surface area contributed by atoms with Gasteiger partial charge in [-0.1, -0.05) is 0 Å². The van der Waals surface area contributed by atoms with E-state index in [0.29, 0.717) is 6.54 Å². The molecule has 0 aliphatic heterocycles. The van der Waals surface area contributed by atoms with Gasteiger partial charge in [0.15, 0.2) is 0 Å². The molecule has 4 nitrogen and oxygen atoms in total. The molecule has 1 aromatic rings. The van der Waals surface area contributed by atoms with Crippen molar-refractivity contribution in [2.75, 3.05) is 18.5 Å². The van der Waals surface area contributed by atoms with Crippen LogP contribution in [0.25, 0.3) is 0 Å². The Bertz CT molecular complexity index is 242. The van der Waals surface area contributed by atoms with Crippen LogP contribution < -0.4 is 5.32 Å². The summed E-state index contributed by atoms with van der Waals surface area (Å²) in [4.78, 5) is 8.27. The van der Waals surface area contributed by atoms with E-state index in [9.17, 15) is 0 Å². The number of nitrogens with zero attached hydrogens (tertiary/aromatic N) is 2. The molecule has 0 fully saturated rings. The second-order valence-electron chi connectivity index (χ2n) is 2.59. The highest BCUT2D eigenvalue weighted by atomic mass is 16.3. The minimum absolute atomic E-state index is 0.113. The molecule has 1 rings (SSSR count). The summed E-state index contributed by atoms with van der Waals surface area (Å²) in [6.07, 6.45) is 0. The van der Waals surface area contributed by atoms with Crippen LogP contribution in [-0.2, 0) is 0 Å². The van der Waals surface area contributed by atoms with Crippen molar-refractivity contribution < 1.29 is 5.11 Å². The van der Waals surface area contributed by atoms with Crippen molar-refractivity contribution in [3.05, 3.63) is 17.6 Å². The van der Waals surface area contributed by atoms with Gasteiger partial charge in [0.1, 0.15) is 11.6 Å². The summed E-state index contributed by atoms with van der Waals surface area (Å²) in [5.74, 6) is 1.52. The van der Waals surface area contributed by atoms with Gasteiger partial charge < -0.3 is 10.4 Å². The van der Waals surface area contributed by atoms with E-state index in [0.717, 1.165) is 17.3 Å². The molecule has 12 heavy (non-hydrogen) atoms. The van der Waals surface area contributed by atoms with E-state index in [2.05, 4.69) is 15.3 Å². The number of aliphatic hydroxyl groups excluding tert-OH is 1. The number of rotatable bonds is 3. The van der Waals surface area contributed by atoms with Crippen molar-refractivity contribution in [2.45, 2.75) is 13.8 Å². The van der Waals surface area contributed by atoms with Gasteiger partial charge in [-0.05, 0) is 13.8 Å². The fourth-order valence-electron chi connectivity index (χ4n) is 0.991. The third-order valence-electron chi connectivity index (χ3n) is 1.38. The molecule has 4 heteroatoms. The van der Waals surface area contributed by atoms with Gasteiger partial charge in [-0.2, -0.15) is 0 Å².